The SMILES string of the molecule is CN(C)CCCOc1ccc(C=c2[nH]c(=O)c(=Cc3ccc(CN(C)C)cc3)[nH]c2=O)cc1. The molecule has 7 heteroatoms. The van der Waals surface area contributed by atoms with E-state index in [-0.39, 0.29) is 21.8 Å². The second kappa shape index (κ2) is 11.4. The Balaban J connectivity index is 1.76. The van der Waals surface area contributed by atoms with E-state index in [1.165, 1.54) is 5.56 Å². The number of aromatic nitrogens is 2. The number of rotatable bonds is 9. The number of benzene rings is 2. The molecule has 0 unspecified atom stereocenters. The van der Waals surface area contributed by atoms with Crippen molar-refractivity contribution in [3.63, 3.8) is 0 Å². The highest BCUT2D eigenvalue weighted by Gasteiger charge is 2.00. The van der Waals surface area contributed by atoms with Crippen molar-refractivity contribution in [2.45, 2.75) is 13.0 Å². The van der Waals surface area contributed by atoms with Crippen LogP contribution in [-0.4, -0.2) is 61.1 Å². The number of hydrogen-bond acceptors (Lipinski definition) is 5. The van der Waals surface area contributed by atoms with Crippen LogP contribution in [0.2, 0.25) is 0 Å². The zero-order valence-corrected chi connectivity index (χ0v) is 19.7. The Labute approximate surface area is 193 Å². The van der Waals surface area contributed by atoms with Crippen molar-refractivity contribution in [1.82, 2.24) is 19.8 Å². The van der Waals surface area contributed by atoms with E-state index in [9.17, 15) is 9.59 Å². The molecule has 0 radical (unpaired) electrons. The van der Waals surface area contributed by atoms with Crippen molar-refractivity contribution in [3.8, 4) is 5.75 Å². The first-order chi connectivity index (χ1) is 15.8. The van der Waals surface area contributed by atoms with E-state index in [4.69, 9.17) is 4.74 Å². The third-order valence-corrected chi connectivity index (χ3v) is 4.98. The number of hydrogen-bond donors (Lipinski definition) is 2. The highest BCUT2D eigenvalue weighted by molar-refractivity contribution is 5.50. The van der Waals surface area contributed by atoms with Gasteiger partial charge in [0.15, 0.2) is 0 Å². The summed E-state index contributed by atoms with van der Waals surface area (Å²) < 4.78 is 5.73. The van der Waals surface area contributed by atoms with Gasteiger partial charge in [-0.3, -0.25) is 9.59 Å². The van der Waals surface area contributed by atoms with Crippen LogP contribution in [0.4, 0.5) is 0 Å². The zero-order valence-electron chi connectivity index (χ0n) is 19.7. The first-order valence-corrected chi connectivity index (χ1v) is 11.0. The highest BCUT2D eigenvalue weighted by atomic mass is 16.5. The molecule has 3 rings (SSSR count). The monoisotopic (exact) mass is 448 g/mol. The van der Waals surface area contributed by atoms with E-state index in [0.717, 1.165) is 36.4 Å². The van der Waals surface area contributed by atoms with Crippen molar-refractivity contribution >= 4 is 12.2 Å². The molecule has 33 heavy (non-hydrogen) atoms. The summed E-state index contributed by atoms with van der Waals surface area (Å²) in [5.41, 5.74) is 2.11. The summed E-state index contributed by atoms with van der Waals surface area (Å²) in [4.78, 5) is 34.7. The fourth-order valence-electron chi connectivity index (χ4n) is 3.34. The van der Waals surface area contributed by atoms with E-state index in [0.29, 0.717) is 6.61 Å². The standard InChI is InChI=1S/C26H32N4O3/c1-29(2)14-5-15-33-22-12-10-20(11-13-22)17-24-26(32)27-23(25(31)28-24)16-19-6-8-21(9-7-19)18-30(3)4/h6-13,16-17H,5,14-15,18H2,1-4H3,(H,27,32)(H,28,31). The third kappa shape index (κ3) is 7.59. The van der Waals surface area contributed by atoms with Gasteiger partial charge in [-0.1, -0.05) is 36.4 Å². The van der Waals surface area contributed by atoms with Gasteiger partial charge < -0.3 is 24.5 Å². The van der Waals surface area contributed by atoms with E-state index in [1.54, 1.807) is 12.2 Å². The Hall–Kier alpha value is -3.42. The first-order valence-electron chi connectivity index (χ1n) is 11.0. The normalized spacial score (nSPS) is 12.7. The summed E-state index contributed by atoms with van der Waals surface area (Å²) in [6.07, 6.45) is 4.27. The molecule has 0 aliphatic rings. The molecule has 2 aromatic carbocycles. The molecule has 0 aliphatic carbocycles. The van der Waals surface area contributed by atoms with Crippen molar-refractivity contribution in [2.75, 3.05) is 41.3 Å². The van der Waals surface area contributed by atoms with Gasteiger partial charge in [0.25, 0.3) is 11.1 Å². The molecule has 0 amide bonds. The molecule has 1 heterocycles. The summed E-state index contributed by atoms with van der Waals surface area (Å²) in [6.45, 7) is 2.45. The molecule has 1 aromatic heterocycles. The Morgan fingerprint density at radius 3 is 1.76 bits per heavy atom. The van der Waals surface area contributed by atoms with Crippen LogP contribution >= 0.6 is 0 Å². The van der Waals surface area contributed by atoms with Gasteiger partial charge in [-0.15, -0.1) is 0 Å². The van der Waals surface area contributed by atoms with Gasteiger partial charge in [0, 0.05) is 13.1 Å². The average molecular weight is 449 g/mol. The predicted molar refractivity (Wildman–Crippen MR) is 133 cm³/mol. The molecular formula is C26H32N4O3. The minimum Gasteiger partial charge on any atom is -0.494 e. The minimum absolute atomic E-state index is 0.207. The number of H-pyrrole nitrogens is 2. The van der Waals surface area contributed by atoms with Crippen molar-refractivity contribution in [3.05, 3.63) is 96.6 Å². The zero-order chi connectivity index (χ0) is 23.8. The third-order valence-electron chi connectivity index (χ3n) is 4.98. The molecular weight excluding hydrogens is 416 g/mol. The maximum absolute atomic E-state index is 12.5. The van der Waals surface area contributed by atoms with Crippen LogP contribution in [0.1, 0.15) is 23.1 Å². The van der Waals surface area contributed by atoms with Gasteiger partial charge in [-0.2, -0.15) is 0 Å². The molecule has 174 valence electrons. The summed E-state index contributed by atoms with van der Waals surface area (Å²) in [6, 6.07) is 15.3. The lowest BCUT2D eigenvalue weighted by Gasteiger charge is -2.10. The first kappa shape index (κ1) is 24.2. The Morgan fingerprint density at radius 1 is 0.758 bits per heavy atom. The molecule has 0 bridgehead atoms. The quantitative estimate of drug-likeness (QED) is 0.480. The smallest absolute Gasteiger partial charge is 0.272 e. The average Bonchev–Trinajstić information content (AvgIpc) is 2.76. The number of nitrogens with one attached hydrogen (secondary N) is 2. The molecule has 0 spiro atoms. The van der Waals surface area contributed by atoms with E-state index >= 15 is 0 Å². The second-order valence-electron chi connectivity index (χ2n) is 8.58. The van der Waals surface area contributed by atoms with Crippen molar-refractivity contribution in [1.29, 1.82) is 0 Å². The molecule has 3 aromatic rings. The van der Waals surface area contributed by atoms with Crippen LogP contribution in [0.25, 0.3) is 12.2 Å². The molecule has 2 N–H and O–H groups in total. The lowest BCUT2D eigenvalue weighted by Crippen LogP contribution is -2.46. The Kier molecular flexibility index (Phi) is 8.40. The lowest BCUT2D eigenvalue weighted by atomic mass is 10.1. The summed E-state index contributed by atoms with van der Waals surface area (Å²) >= 11 is 0. The largest absolute Gasteiger partial charge is 0.494 e. The molecule has 0 saturated heterocycles. The second-order valence-corrected chi connectivity index (χ2v) is 8.58. The molecule has 0 fully saturated rings. The number of ether oxygens (including phenoxy) is 1. The predicted octanol–water partition coefficient (Wildman–Crippen LogP) is 1.11. The molecule has 0 atom stereocenters. The Bertz CT molecular complexity index is 1270. The van der Waals surface area contributed by atoms with Crippen LogP contribution < -0.4 is 26.6 Å². The van der Waals surface area contributed by atoms with Crippen LogP contribution in [0, 0.1) is 0 Å². The Morgan fingerprint density at radius 2 is 1.27 bits per heavy atom. The van der Waals surface area contributed by atoms with Crippen LogP contribution in [0.3, 0.4) is 0 Å². The van der Waals surface area contributed by atoms with Gasteiger partial charge in [-0.25, -0.2) is 0 Å². The van der Waals surface area contributed by atoms with Crippen molar-refractivity contribution in [2.24, 2.45) is 0 Å². The van der Waals surface area contributed by atoms with Gasteiger partial charge in [0.1, 0.15) is 16.4 Å². The fraction of sp³-hybridized carbons (Fsp3) is 0.308. The maximum atomic E-state index is 12.5. The van der Waals surface area contributed by atoms with Gasteiger partial charge in [0.2, 0.25) is 0 Å². The summed E-state index contributed by atoms with van der Waals surface area (Å²) in [5, 5.41) is 0.428. The maximum Gasteiger partial charge on any atom is 0.272 e. The number of aromatic amines is 2. The molecule has 0 saturated carbocycles. The lowest BCUT2D eigenvalue weighted by molar-refractivity contribution is 0.281. The molecule has 0 aliphatic heterocycles. The molecule has 7 nitrogen and oxygen atoms in total. The minimum atomic E-state index is -0.353. The van der Waals surface area contributed by atoms with E-state index in [2.05, 4.69) is 19.8 Å². The van der Waals surface area contributed by atoms with Crippen LogP contribution in [-0.2, 0) is 6.54 Å². The number of nitrogens with zero attached hydrogens (tertiary/aromatic N) is 2. The van der Waals surface area contributed by atoms with Crippen LogP contribution in [0.15, 0.2) is 58.1 Å². The fourth-order valence-corrected chi connectivity index (χ4v) is 3.34. The van der Waals surface area contributed by atoms with E-state index < -0.39 is 0 Å². The van der Waals surface area contributed by atoms with Gasteiger partial charge in [-0.05, 0) is 75.6 Å². The van der Waals surface area contributed by atoms with Crippen molar-refractivity contribution < 1.29 is 4.74 Å². The van der Waals surface area contributed by atoms with E-state index in [1.807, 2.05) is 76.7 Å². The van der Waals surface area contributed by atoms with Gasteiger partial charge >= 0.3 is 0 Å². The van der Waals surface area contributed by atoms with Gasteiger partial charge in [0.05, 0.1) is 6.61 Å². The summed E-state index contributed by atoms with van der Waals surface area (Å²) in [7, 11) is 8.09. The topological polar surface area (TPSA) is 81.4 Å². The summed E-state index contributed by atoms with van der Waals surface area (Å²) in [5.74, 6) is 0.773. The highest BCUT2D eigenvalue weighted by Crippen LogP contribution is 2.12. The van der Waals surface area contributed by atoms with Crippen LogP contribution in [0.5, 0.6) is 5.75 Å².